The van der Waals surface area contributed by atoms with E-state index in [2.05, 4.69) is 41.4 Å². The molecule has 0 amide bonds. The van der Waals surface area contributed by atoms with E-state index in [0.29, 0.717) is 25.6 Å². The molecule has 0 spiro atoms. The third-order valence-corrected chi connectivity index (χ3v) is 5.46. The number of ether oxygens (including phenoxy) is 2. The van der Waals surface area contributed by atoms with E-state index in [1.807, 2.05) is 19.2 Å². The topological polar surface area (TPSA) is 88.0 Å². The predicted octanol–water partition coefficient (Wildman–Crippen LogP) is 2.04. The van der Waals surface area contributed by atoms with Gasteiger partial charge in [-0.05, 0) is 6.07 Å². The minimum absolute atomic E-state index is 0. The zero-order valence-electron chi connectivity index (χ0n) is 17.7. The molecule has 1 fully saturated rings. The monoisotopic (exact) mass is 547 g/mol. The van der Waals surface area contributed by atoms with Crippen molar-refractivity contribution in [2.24, 2.45) is 4.99 Å². The summed E-state index contributed by atoms with van der Waals surface area (Å²) in [6, 6.07) is 3.92. The molecule has 0 saturated carbocycles. The molecule has 0 aromatic carbocycles. The fourth-order valence-electron chi connectivity index (χ4n) is 3.04. The Labute approximate surface area is 199 Å². The Kier molecular flexibility index (Phi) is 10.5. The molecule has 1 saturated heterocycles. The lowest BCUT2D eigenvalue weighted by molar-refractivity contribution is 0.143. The summed E-state index contributed by atoms with van der Waals surface area (Å²) in [5, 5.41) is 4.45. The second kappa shape index (κ2) is 12.8. The maximum absolute atomic E-state index is 5.72. The number of aliphatic imine (C=N–C) groups is 1. The third-order valence-electron chi connectivity index (χ3n) is 4.65. The Morgan fingerprint density at radius 2 is 2.07 bits per heavy atom. The molecule has 11 heteroatoms. The minimum atomic E-state index is 0. The van der Waals surface area contributed by atoms with Crippen LogP contribution in [0.25, 0.3) is 0 Å². The van der Waals surface area contributed by atoms with Crippen LogP contribution in [-0.2, 0) is 17.7 Å². The minimum Gasteiger partial charge on any atom is -0.475 e. The van der Waals surface area contributed by atoms with Crippen LogP contribution >= 0.6 is 35.5 Å². The highest BCUT2D eigenvalue weighted by Crippen LogP contribution is 2.19. The van der Waals surface area contributed by atoms with E-state index in [9.17, 15) is 0 Å². The number of piperazine rings is 1. The van der Waals surface area contributed by atoms with E-state index in [-0.39, 0.29) is 24.0 Å². The summed E-state index contributed by atoms with van der Waals surface area (Å²) in [5.41, 5.74) is 0.990. The molecule has 9 nitrogen and oxygen atoms in total. The van der Waals surface area contributed by atoms with Gasteiger partial charge in [-0.2, -0.15) is 4.37 Å². The van der Waals surface area contributed by atoms with E-state index in [0.717, 1.165) is 55.1 Å². The number of hydrogen-bond acceptors (Lipinski definition) is 8. The molecule has 0 radical (unpaired) electrons. The first kappa shape index (κ1) is 24.5. The third kappa shape index (κ3) is 6.64. The first-order chi connectivity index (χ1) is 14.2. The summed E-state index contributed by atoms with van der Waals surface area (Å²) in [6.45, 7) is 7.24. The molecule has 1 N–H and O–H groups in total. The van der Waals surface area contributed by atoms with E-state index in [4.69, 9.17) is 9.47 Å². The molecule has 0 aliphatic carbocycles. The second-order valence-corrected chi connectivity index (χ2v) is 7.26. The zero-order valence-corrected chi connectivity index (χ0v) is 20.9. The van der Waals surface area contributed by atoms with Crippen molar-refractivity contribution in [3.05, 3.63) is 29.7 Å². The number of aromatic nitrogens is 3. The predicted molar refractivity (Wildman–Crippen MR) is 130 cm³/mol. The lowest BCUT2D eigenvalue weighted by atomic mass is 10.2. The molecule has 1 aliphatic rings. The number of nitrogens with one attached hydrogen (secondary N) is 1. The molecule has 3 rings (SSSR count). The Morgan fingerprint density at radius 3 is 2.73 bits per heavy atom. The van der Waals surface area contributed by atoms with Crippen LogP contribution in [-0.4, -0.2) is 78.8 Å². The lowest BCUT2D eigenvalue weighted by Gasteiger charge is -2.36. The number of aryl methyl sites for hydroxylation is 1. The van der Waals surface area contributed by atoms with Crippen molar-refractivity contribution in [1.82, 2.24) is 24.6 Å². The molecular weight excluding hydrogens is 517 g/mol. The summed E-state index contributed by atoms with van der Waals surface area (Å²) in [4.78, 5) is 17.9. The van der Waals surface area contributed by atoms with Crippen molar-refractivity contribution in [2.45, 2.75) is 19.9 Å². The molecule has 1 aliphatic heterocycles. The fraction of sp³-hybridized carbons (Fsp3) is 0.579. The number of rotatable bonds is 8. The Bertz CT molecular complexity index is 797. The highest BCUT2D eigenvalue weighted by Gasteiger charge is 2.22. The number of methoxy groups -OCH3 is 1. The van der Waals surface area contributed by atoms with Gasteiger partial charge < -0.3 is 24.6 Å². The van der Waals surface area contributed by atoms with Gasteiger partial charge >= 0.3 is 0 Å². The first-order valence-electron chi connectivity index (χ1n) is 9.84. The smallest absolute Gasteiger partial charge is 0.218 e. The highest BCUT2D eigenvalue weighted by atomic mass is 127. The summed E-state index contributed by atoms with van der Waals surface area (Å²) < 4.78 is 15.1. The summed E-state index contributed by atoms with van der Waals surface area (Å²) in [7, 11) is 3.47. The maximum atomic E-state index is 5.72. The molecule has 0 atom stereocenters. The van der Waals surface area contributed by atoms with Crippen molar-refractivity contribution in [2.75, 3.05) is 58.5 Å². The molecule has 3 heterocycles. The Hall–Kier alpha value is -1.73. The molecule has 2 aromatic heterocycles. The van der Waals surface area contributed by atoms with E-state index >= 15 is 0 Å². The van der Waals surface area contributed by atoms with Crippen molar-refractivity contribution in [1.29, 1.82) is 0 Å². The molecular formula is C19H30IN7O2S. The SMILES string of the molecule is CCc1nsc(N2CCN(C(=NC)NCc3cccnc3OCCOC)CC2)n1.I. The van der Waals surface area contributed by atoms with Crippen LogP contribution < -0.4 is 15.0 Å². The van der Waals surface area contributed by atoms with E-state index in [1.54, 1.807) is 13.3 Å². The average molecular weight is 547 g/mol. The van der Waals surface area contributed by atoms with Gasteiger partial charge in [0.15, 0.2) is 5.96 Å². The Morgan fingerprint density at radius 1 is 1.27 bits per heavy atom. The fourth-order valence-corrected chi connectivity index (χ4v) is 3.84. The average Bonchev–Trinajstić information content (AvgIpc) is 3.25. The molecule has 0 bridgehead atoms. The van der Waals surface area contributed by atoms with Crippen molar-refractivity contribution in [3.8, 4) is 5.88 Å². The van der Waals surface area contributed by atoms with Gasteiger partial charge in [-0.1, -0.05) is 13.0 Å². The molecule has 0 unspecified atom stereocenters. The van der Waals surface area contributed by atoms with Gasteiger partial charge in [-0.3, -0.25) is 4.99 Å². The largest absolute Gasteiger partial charge is 0.475 e. The number of halogens is 1. The molecule has 30 heavy (non-hydrogen) atoms. The van der Waals surface area contributed by atoms with Crippen LogP contribution in [0.4, 0.5) is 5.13 Å². The van der Waals surface area contributed by atoms with Gasteiger partial charge in [0.25, 0.3) is 0 Å². The van der Waals surface area contributed by atoms with Gasteiger partial charge in [0.05, 0.1) is 6.61 Å². The molecule has 2 aromatic rings. The summed E-state index contributed by atoms with van der Waals surface area (Å²) in [5.74, 6) is 2.42. The standard InChI is InChI=1S/C19H29N7O2S.HI/c1-4-16-23-19(29-24-16)26-10-8-25(9-11-26)18(20-2)22-14-15-6-5-7-21-17(15)28-13-12-27-3;/h5-7H,4,8-14H2,1-3H3,(H,20,22);1H. The molecule has 166 valence electrons. The van der Waals surface area contributed by atoms with Gasteiger partial charge in [-0.15, -0.1) is 24.0 Å². The number of nitrogens with zero attached hydrogens (tertiary/aromatic N) is 6. The van der Waals surface area contributed by atoms with Crippen molar-refractivity contribution < 1.29 is 9.47 Å². The first-order valence-corrected chi connectivity index (χ1v) is 10.6. The van der Waals surface area contributed by atoms with E-state index < -0.39 is 0 Å². The summed E-state index contributed by atoms with van der Waals surface area (Å²) >= 11 is 1.48. The zero-order chi connectivity index (χ0) is 20.5. The van der Waals surface area contributed by atoms with E-state index in [1.165, 1.54) is 11.5 Å². The maximum Gasteiger partial charge on any atom is 0.218 e. The van der Waals surface area contributed by atoms with Gasteiger partial charge in [0.2, 0.25) is 11.0 Å². The number of anilines is 1. The number of guanidine groups is 1. The van der Waals surface area contributed by atoms with Crippen LogP contribution in [0.15, 0.2) is 23.3 Å². The summed E-state index contributed by atoms with van der Waals surface area (Å²) in [6.07, 6.45) is 2.61. The van der Waals surface area contributed by atoms with Crippen molar-refractivity contribution in [3.63, 3.8) is 0 Å². The second-order valence-electron chi connectivity index (χ2n) is 6.53. The van der Waals surface area contributed by atoms with Crippen LogP contribution in [0, 0.1) is 0 Å². The van der Waals surface area contributed by atoms with Gasteiger partial charge in [0, 0.05) is 76.6 Å². The number of pyridine rings is 1. The van der Waals surface area contributed by atoms with Gasteiger partial charge in [0.1, 0.15) is 12.4 Å². The van der Waals surface area contributed by atoms with Crippen LogP contribution in [0.5, 0.6) is 5.88 Å². The van der Waals surface area contributed by atoms with Gasteiger partial charge in [-0.25, -0.2) is 9.97 Å². The van der Waals surface area contributed by atoms with Crippen LogP contribution in [0.1, 0.15) is 18.3 Å². The van der Waals surface area contributed by atoms with Crippen molar-refractivity contribution >= 4 is 46.6 Å². The lowest BCUT2D eigenvalue weighted by Crippen LogP contribution is -2.52. The highest BCUT2D eigenvalue weighted by molar-refractivity contribution is 14.0. The number of hydrogen-bond donors (Lipinski definition) is 1. The van der Waals surface area contributed by atoms with Crippen LogP contribution in [0.2, 0.25) is 0 Å². The van der Waals surface area contributed by atoms with Crippen LogP contribution in [0.3, 0.4) is 0 Å². The quantitative estimate of drug-likeness (QED) is 0.233. The normalized spacial score (nSPS) is 14.4. The Balaban J connectivity index is 0.00000320.